The summed E-state index contributed by atoms with van der Waals surface area (Å²) in [6.45, 7) is 4.99. The Morgan fingerprint density at radius 2 is 1.84 bits per heavy atom. The number of aromatic nitrogens is 1. The molecule has 1 aromatic heterocycles. The average Bonchev–Trinajstić information content (AvgIpc) is 2.94. The zero-order valence-corrected chi connectivity index (χ0v) is 11.2. The van der Waals surface area contributed by atoms with E-state index < -0.39 is 6.10 Å². The first kappa shape index (κ1) is 13.5. The fourth-order valence-electron chi connectivity index (χ4n) is 1.93. The Morgan fingerprint density at radius 1 is 1.11 bits per heavy atom. The Hall–Kier alpha value is -1.94. The molecule has 1 heterocycles. The molecule has 1 aromatic carbocycles. The van der Waals surface area contributed by atoms with Crippen LogP contribution in [0.5, 0.6) is 11.5 Å². The van der Waals surface area contributed by atoms with Crippen molar-refractivity contribution in [2.75, 3.05) is 13.2 Å². The van der Waals surface area contributed by atoms with Gasteiger partial charge < -0.3 is 19.6 Å². The van der Waals surface area contributed by atoms with Crippen LogP contribution in [0.4, 0.5) is 0 Å². The molecule has 0 fully saturated rings. The Kier molecular flexibility index (Phi) is 4.47. The number of aliphatic hydroxyl groups is 1. The molecule has 0 bridgehead atoms. The van der Waals surface area contributed by atoms with E-state index >= 15 is 0 Å². The summed E-state index contributed by atoms with van der Waals surface area (Å²) >= 11 is 0. The second-order valence-electron chi connectivity index (χ2n) is 4.10. The van der Waals surface area contributed by atoms with Crippen molar-refractivity contribution in [3.63, 3.8) is 0 Å². The van der Waals surface area contributed by atoms with Gasteiger partial charge in [0, 0.05) is 11.9 Å². The van der Waals surface area contributed by atoms with Crippen LogP contribution in [0.25, 0.3) is 0 Å². The number of hydrogen-bond acceptors (Lipinski definition) is 3. The van der Waals surface area contributed by atoms with Crippen LogP contribution in [-0.2, 0) is 0 Å². The minimum Gasteiger partial charge on any atom is -0.490 e. The predicted octanol–water partition coefficient (Wildman–Crippen LogP) is 2.89. The summed E-state index contributed by atoms with van der Waals surface area (Å²) in [5, 5.41) is 10.3. The predicted molar refractivity (Wildman–Crippen MR) is 73.6 cm³/mol. The molecule has 0 aliphatic rings. The van der Waals surface area contributed by atoms with Gasteiger partial charge in [-0.15, -0.1) is 0 Å². The molecule has 0 radical (unpaired) electrons. The van der Waals surface area contributed by atoms with Crippen molar-refractivity contribution in [2.45, 2.75) is 20.0 Å². The van der Waals surface area contributed by atoms with Crippen molar-refractivity contribution < 1.29 is 14.6 Å². The van der Waals surface area contributed by atoms with Gasteiger partial charge in [0.25, 0.3) is 0 Å². The van der Waals surface area contributed by atoms with Crippen LogP contribution in [0, 0.1) is 0 Å². The quantitative estimate of drug-likeness (QED) is 0.840. The molecule has 2 N–H and O–H groups in total. The van der Waals surface area contributed by atoms with Crippen LogP contribution in [0.15, 0.2) is 36.5 Å². The van der Waals surface area contributed by atoms with Gasteiger partial charge in [-0.3, -0.25) is 0 Å². The van der Waals surface area contributed by atoms with E-state index in [1.807, 2.05) is 44.2 Å². The van der Waals surface area contributed by atoms with Gasteiger partial charge in [0.2, 0.25) is 0 Å². The van der Waals surface area contributed by atoms with E-state index in [4.69, 9.17) is 9.47 Å². The van der Waals surface area contributed by atoms with Crippen molar-refractivity contribution in [1.82, 2.24) is 4.98 Å². The highest BCUT2D eigenvalue weighted by Gasteiger charge is 2.14. The van der Waals surface area contributed by atoms with Crippen molar-refractivity contribution in [3.8, 4) is 11.5 Å². The van der Waals surface area contributed by atoms with Crippen LogP contribution in [0.2, 0.25) is 0 Å². The van der Waals surface area contributed by atoms with E-state index in [2.05, 4.69) is 4.98 Å². The molecule has 0 spiro atoms. The highest BCUT2D eigenvalue weighted by molar-refractivity contribution is 5.44. The molecule has 102 valence electrons. The molecule has 1 atom stereocenters. The van der Waals surface area contributed by atoms with Gasteiger partial charge in [0.1, 0.15) is 6.10 Å². The summed E-state index contributed by atoms with van der Waals surface area (Å²) < 4.78 is 11.1. The number of aromatic amines is 1. The lowest BCUT2D eigenvalue weighted by molar-refractivity contribution is 0.214. The topological polar surface area (TPSA) is 54.5 Å². The molecule has 19 heavy (non-hydrogen) atoms. The largest absolute Gasteiger partial charge is 0.490 e. The zero-order chi connectivity index (χ0) is 13.7. The Labute approximate surface area is 113 Å². The summed E-state index contributed by atoms with van der Waals surface area (Å²) in [5.41, 5.74) is 1.53. The van der Waals surface area contributed by atoms with Gasteiger partial charge in [-0.2, -0.15) is 0 Å². The lowest BCUT2D eigenvalue weighted by Gasteiger charge is -2.15. The standard InChI is InChI=1S/C15H19NO3/c1-3-18-13-8-7-11(10-14(13)19-4-2)15(17)12-6-5-9-16-12/h5-10,15-17H,3-4H2,1-2H3. The summed E-state index contributed by atoms with van der Waals surface area (Å²) in [6, 6.07) is 9.20. The van der Waals surface area contributed by atoms with Crippen LogP contribution in [-0.4, -0.2) is 23.3 Å². The summed E-state index contributed by atoms with van der Waals surface area (Å²) in [4.78, 5) is 3.00. The molecule has 0 amide bonds. The number of aliphatic hydroxyl groups excluding tert-OH is 1. The lowest BCUT2D eigenvalue weighted by atomic mass is 10.1. The Bertz CT molecular complexity index is 508. The van der Waals surface area contributed by atoms with E-state index in [1.54, 1.807) is 6.20 Å². The van der Waals surface area contributed by atoms with Gasteiger partial charge in [-0.25, -0.2) is 0 Å². The third kappa shape index (κ3) is 3.09. The third-order valence-electron chi connectivity index (χ3n) is 2.80. The fraction of sp³-hybridized carbons (Fsp3) is 0.333. The molecule has 2 aromatic rings. The summed E-state index contributed by atoms with van der Waals surface area (Å²) in [7, 11) is 0. The molecular formula is C15H19NO3. The second-order valence-corrected chi connectivity index (χ2v) is 4.10. The number of H-pyrrole nitrogens is 1. The number of rotatable bonds is 6. The molecule has 4 heteroatoms. The normalized spacial score (nSPS) is 12.2. The molecule has 1 unspecified atom stereocenters. The van der Waals surface area contributed by atoms with Crippen molar-refractivity contribution in [2.24, 2.45) is 0 Å². The molecule has 0 saturated carbocycles. The highest BCUT2D eigenvalue weighted by atomic mass is 16.5. The Morgan fingerprint density at radius 3 is 2.47 bits per heavy atom. The average molecular weight is 261 g/mol. The maximum absolute atomic E-state index is 10.3. The highest BCUT2D eigenvalue weighted by Crippen LogP contribution is 2.32. The summed E-state index contributed by atoms with van der Waals surface area (Å²) in [6.07, 6.45) is 1.10. The third-order valence-corrected chi connectivity index (χ3v) is 2.80. The van der Waals surface area contributed by atoms with Crippen LogP contribution < -0.4 is 9.47 Å². The molecule has 0 saturated heterocycles. The van der Waals surface area contributed by atoms with E-state index in [9.17, 15) is 5.11 Å². The van der Waals surface area contributed by atoms with Crippen molar-refractivity contribution >= 4 is 0 Å². The van der Waals surface area contributed by atoms with Crippen LogP contribution in [0.3, 0.4) is 0 Å². The van der Waals surface area contributed by atoms with Gasteiger partial charge in [-0.05, 0) is 43.7 Å². The molecule has 0 aliphatic carbocycles. The zero-order valence-electron chi connectivity index (χ0n) is 11.2. The molecule has 2 rings (SSSR count). The number of hydrogen-bond donors (Lipinski definition) is 2. The van der Waals surface area contributed by atoms with Crippen LogP contribution >= 0.6 is 0 Å². The number of ether oxygens (including phenoxy) is 2. The number of benzene rings is 1. The van der Waals surface area contributed by atoms with Gasteiger partial charge >= 0.3 is 0 Å². The van der Waals surface area contributed by atoms with Gasteiger partial charge in [0.15, 0.2) is 11.5 Å². The minimum atomic E-state index is -0.690. The van der Waals surface area contributed by atoms with Gasteiger partial charge in [-0.1, -0.05) is 6.07 Å². The maximum Gasteiger partial charge on any atom is 0.161 e. The van der Waals surface area contributed by atoms with E-state index in [1.165, 1.54) is 0 Å². The van der Waals surface area contributed by atoms with E-state index in [0.717, 1.165) is 11.3 Å². The first-order valence-corrected chi connectivity index (χ1v) is 6.47. The van der Waals surface area contributed by atoms with Crippen molar-refractivity contribution in [1.29, 1.82) is 0 Å². The molecule has 0 aliphatic heterocycles. The van der Waals surface area contributed by atoms with E-state index in [0.29, 0.717) is 24.7 Å². The monoisotopic (exact) mass is 261 g/mol. The first-order valence-electron chi connectivity index (χ1n) is 6.47. The smallest absolute Gasteiger partial charge is 0.161 e. The van der Waals surface area contributed by atoms with Gasteiger partial charge in [0.05, 0.1) is 13.2 Å². The molecule has 4 nitrogen and oxygen atoms in total. The fourth-order valence-corrected chi connectivity index (χ4v) is 1.93. The van der Waals surface area contributed by atoms with Crippen LogP contribution in [0.1, 0.15) is 31.2 Å². The first-order chi connectivity index (χ1) is 9.26. The maximum atomic E-state index is 10.3. The summed E-state index contributed by atoms with van der Waals surface area (Å²) in [5.74, 6) is 1.36. The Balaban J connectivity index is 2.29. The molecular weight excluding hydrogens is 242 g/mol. The minimum absolute atomic E-state index is 0.558. The SMILES string of the molecule is CCOc1ccc(C(O)c2ccc[nH]2)cc1OCC. The van der Waals surface area contributed by atoms with E-state index in [-0.39, 0.29) is 0 Å². The lowest BCUT2D eigenvalue weighted by Crippen LogP contribution is -2.03. The second kappa shape index (κ2) is 6.29. The van der Waals surface area contributed by atoms with Crippen molar-refractivity contribution in [3.05, 3.63) is 47.8 Å². The number of nitrogens with one attached hydrogen (secondary N) is 1.